The van der Waals surface area contributed by atoms with Crippen LogP contribution in [0.4, 0.5) is 17.1 Å². The normalized spacial score (nSPS) is 12.1. The monoisotopic (exact) mass is 734 g/mol. The maximum absolute atomic E-state index is 4.42. The number of benzene rings is 7. The fraction of sp³-hybridized carbons (Fsp3) is 0.0377. The van der Waals surface area contributed by atoms with Crippen molar-refractivity contribution in [2.75, 3.05) is 4.90 Å². The lowest BCUT2D eigenvalue weighted by Crippen LogP contribution is -2.11. The van der Waals surface area contributed by atoms with Gasteiger partial charge in [0.1, 0.15) is 0 Å². The third-order valence-electron chi connectivity index (χ3n) is 10.9. The Kier molecular flexibility index (Phi) is 8.91. The van der Waals surface area contributed by atoms with Crippen LogP contribution in [0.3, 0.4) is 0 Å². The van der Waals surface area contributed by atoms with Crippen molar-refractivity contribution in [3.63, 3.8) is 0 Å². The number of allylic oxidation sites excluding steroid dienone is 1. The number of thiophene rings is 1. The van der Waals surface area contributed by atoms with Gasteiger partial charge in [-0.1, -0.05) is 140 Å². The molecule has 0 atom stereocenters. The van der Waals surface area contributed by atoms with Crippen LogP contribution in [0.15, 0.2) is 200 Å². The molecule has 2 aromatic heterocycles. The standard InChI is InChI=1S/C53H38N2S/c1-3-10-37(11-4-1)38-17-19-39(20-18-38)40-21-27-46(28-22-40)55(51-31-25-44(45-14-9-33-54-36-45)34-49(51)42-12-5-2-6-13-42)47-29-23-41(24-30-47)43-26-32-53-50(35-43)48-15-7-8-16-52(48)56-53/h1-7,9-15,17-36H,8,16H2. The van der Waals surface area contributed by atoms with Gasteiger partial charge in [0.15, 0.2) is 0 Å². The zero-order chi connectivity index (χ0) is 37.3. The van der Waals surface area contributed by atoms with Gasteiger partial charge in [0.25, 0.3) is 0 Å². The molecule has 0 aliphatic heterocycles. The summed E-state index contributed by atoms with van der Waals surface area (Å²) in [5.74, 6) is 0. The van der Waals surface area contributed by atoms with Crippen LogP contribution >= 0.6 is 11.3 Å². The number of rotatable bonds is 8. The van der Waals surface area contributed by atoms with Crippen molar-refractivity contribution in [3.05, 3.63) is 211 Å². The van der Waals surface area contributed by atoms with Gasteiger partial charge in [0.05, 0.1) is 5.69 Å². The molecule has 0 unspecified atom stereocenters. The number of aromatic nitrogens is 1. The van der Waals surface area contributed by atoms with Crippen molar-refractivity contribution >= 4 is 44.6 Å². The molecule has 0 fully saturated rings. The maximum atomic E-state index is 4.42. The summed E-state index contributed by atoms with van der Waals surface area (Å²) in [7, 11) is 0. The number of anilines is 3. The van der Waals surface area contributed by atoms with E-state index in [-0.39, 0.29) is 0 Å². The summed E-state index contributed by atoms with van der Waals surface area (Å²) in [5, 5.41) is 1.36. The van der Waals surface area contributed by atoms with Gasteiger partial charge in [-0.3, -0.25) is 4.98 Å². The summed E-state index contributed by atoms with van der Waals surface area (Å²) in [6.45, 7) is 0. The summed E-state index contributed by atoms with van der Waals surface area (Å²) < 4.78 is 1.37. The van der Waals surface area contributed by atoms with Crippen LogP contribution in [0.5, 0.6) is 0 Å². The third-order valence-corrected chi connectivity index (χ3v) is 12.1. The molecule has 0 saturated heterocycles. The second-order valence-corrected chi connectivity index (χ2v) is 15.4. The fourth-order valence-corrected chi connectivity index (χ4v) is 9.13. The van der Waals surface area contributed by atoms with E-state index in [1.54, 1.807) is 0 Å². The zero-order valence-corrected chi connectivity index (χ0v) is 31.7. The molecule has 1 aliphatic carbocycles. The van der Waals surface area contributed by atoms with Crippen molar-refractivity contribution in [3.8, 4) is 55.6 Å². The van der Waals surface area contributed by atoms with Gasteiger partial charge in [-0.15, -0.1) is 11.3 Å². The average molecular weight is 735 g/mol. The number of nitrogens with zero attached hydrogens (tertiary/aromatic N) is 2. The summed E-state index contributed by atoms with van der Waals surface area (Å²) in [6, 6.07) is 66.0. The van der Waals surface area contributed by atoms with E-state index in [0.29, 0.717) is 0 Å². The van der Waals surface area contributed by atoms with E-state index < -0.39 is 0 Å². The molecule has 0 spiro atoms. The SMILES string of the molecule is C1=Cc2c(sc3ccc(-c4ccc(N(c5ccc(-c6ccc(-c7ccccc7)cc6)cc5)c5ccc(-c6cccnc6)cc5-c5ccccc5)cc4)cc23)CC1. The minimum atomic E-state index is 1.09. The Morgan fingerprint density at radius 2 is 1.00 bits per heavy atom. The molecule has 10 rings (SSSR count). The predicted molar refractivity (Wildman–Crippen MR) is 239 cm³/mol. The van der Waals surface area contributed by atoms with Crippen LogP contribution in [0, 0.1) is 0 Å². The highest BCUT2D eigenvalue weighted by Crippen LogP contribution is 2.44. The van der Waals surface area contributed by atoms with Gasteiger partial charge in [-0.2, -0.15) is 0 Å². The molecule has 0 N–H and O–H groups in total. The molecule has 7 aromatic carbocycles. The quantitative estimate of drug-likeness (QED) is 0.155. The zero-order valence-electron chi connectivity index (χ0n) is 30.8. The van der Waals surface area contributed by atoms with Gasteiger partial charge in [-0.25, -0.2) is 0 Å². The highest BCUT2D eigenvalue weighted by atomic mass is 32.1. The number of fused-ring (bicyclic) bond motifs is 3. The number of pyridine rings is 1. The molecular formula is C53H38N2S. The largest absolute Gasteiger partial charge is 0.310 e. The van der Waals surface area contributed by atoms with E-state index in [1.807, 2.05) is 29.8 Å². The van der Waals surface area contributed by atoms with Crippen LogP contribution in [0.2, 0.25) is 0 Å². The fourth-order valence-electron chi connectivity index (χ4n) is 7.94. The third kappa shape index (κ3) is 6.53. The molecule has 1 aliphatic rings. The molecule has 0 amide bonds. The lowest BCUT2D eigenvalue weighted by molar-refractivity contribution is 1.02. The van der Waals surface area contributed by atoms with Crippen molar-refractivity contribution in [1.29, 1.82) is 0 Å². The van der Waals surface area contributed by atoms with E-state index in [1.165, 1.54) is 53.9 Å². The highest BCUT2D eigenvalue weighted by molar-refractivity contribution is 7.19. The molecular weight excluding hydrogens is 697 g/mol. The minimum Gasteiger partial charge on any atom is -0.310 e. The molecule has 2 nitrogen and oxygen atoms in total. The molecule has 0 saturated carbocycles. The minimum absolute atomic E-state index is 1.09. The Hall–Kier alpha value is -6.81. The van der Waals surface area contributed by atoms with Crippen LogP contribution in [-0.2, 0) is 6.42 Å². The molecule has 9 aromatic rings. The Labute approximate surface area is 332 Å². The van der Waals surface area contributed by atoms with Crippen molar-refractivity contribution in [2.24, 2.45) is 0 Å². The summed E-state index contributed by atoms with van der Waals surface area (Å²) in [6.07, 6.45) is 10.7. The topological polar surface area (TPSA) is 16.1 Å². The van der Waals surface area contributed by atoms with Gasteiger partial charge in [0.2, 0.25) is 0 Å². The van der Waals surface area contributed by atoms with E-state index in [0.717, 1.165) is 52.2 Å². The Morgan fingerprint density at radius 1 is 0.464 bits per heavy atom. The van der Waals surface area contributed by atoms with Gasteiger partial charge < -0.3 is 4.90 Å². The Balaban J connectivity index is 1.07. The molecule has 266 valence electrons. The van der Waals surface area contributed by atoms with E-state index in [2.05, 4.69) is 198 Å². The second-order valence-electron chi connectivity index (χ2n) is 14.3. The van der Waals surface area contributed by atoms with Crippen molar-refractivity contribution < 1.29 is 0 Å². The number of hydrogen-bond acceptors (Lipinski definition) is 3. The van der Waals surface area contributed by atoms with Gasteiger partial charge in [0, 0.05) is 49.9 Å². The average Bonchev–Trinajstić information content (AvgIpc) is 3.66. The van der Waals surface area contributed by atoms with Crippen molar-refractivity contribution in [1.82, 2.24) is 4.98 Å². The van der Waals surface area contributed by atoms with Crippen LogP contribution in [0.25, 0.3) is 71.8 Å². The first-order chi connectivity index (χ1) is 27.7. The summed E-state index contributed by atoms with van der Waals surface area (Å²) >= 11 is 1.94. The molecule has 2 heterocycles. The van der Waals surface area contributed by atoms with Crippen LogP contribution in [-0.4, -0.2) is 4.98 Å². The van der Waals surface area contributed by atoms with Crippen LogP contribution in [0.1, 0.15) is 16.9 Å². The molecule has 0 radical (unpaired) electrons. The molecule has 3 heteroatoms. The van der Waals surface area contributed by atoms with Crippen LogP contribution < -0.4 is 4.90 Å². The van der Waals surface area contributed by atoms with Gasteiger partial charge >= 0.3 is 0 Å². The summed E-state index contributed by atoms with van der Waals surface area (Å²) in [5.41, 5.74) is 16.5. The highest BCUT2D eigenvalue weighted by Gasteiger charge is 2.19. The van der Waals surface area contributed by atoms with E-state index in [4.69, 9.17) is 0 Å². The van der Waals surface area contributed by atoms with E-state index in [9.17, 15) is 0 Å². The number of hydrogen-bond donors (Lipinski definition) is 0. The first kappa shape index (κ1) is 33.7. The first-order valence-corrected chi connectivity index (χ1v) is 20.1. The Bertz CT molecular complexity index is 2800. The van der Waals surface area contributed by atoms with E-state index >= 15 is 0 Å². The maximum Gasteiger partial charge on any atom is 0.0540 e. The predicted octanol–water partition coefficient (Wildman–Crippen LogP) is 15.1. The smallest absolute Gasteiger partial charge is 0.0540 e. The number of aryl methyl sites for hydroxylation is 1. The first-order valence-electron chi connectivity index (χ1n) is 19.2. The summed E-state index contributed by atoms with van der Waals surface area (Å²) in [4.78, 5) is 8.32. The van der Waals surface area contributed by atoms with Crippen molar-refractivity contribution in [2.45, 2.75) is 12.8 Å². The Morgan fingerprint density at radius 3 is 1.64 bits per heavy atom. The second kappa shape index (κ2) is 14.8. The van der Waals surface area contributed by atoms with Gasteiger partial charge in [-0.05, 0) is 118 Å². The lowest BCUT2D eigenvalue weighted by Gasteiger charge is -2.29. The molecule has 0 bridgehead atoms. The lowest BCUT2D eigenvalue weighted by atomic mass is 9.96. The molecule has 56 heavy (non-hydrogen) atoms.